The van der Waals surface area contributed by atoms with E-state index in [2.05, 4.69) is 13.8 Å². The molecular weight excluding hydrogens is 471 g/mol. The smallest absolute Gasteiger partial charge is 0.303 e. The molecule has 0 aliphatic heterocycles. The standard InChI is InChI=1S/C31H37FO5/c1-4-6-7-16-36-30-17-22(12-14-27(30)28-20-25(35-3)13-15-29(28)32)21-37-26-11-8-10-24(18-26)23(9-5-2)19-31(33)34/h8,10-15,17-18,20,23H,4-7,9,16,19,21H2,1-3H3,(H,33,34)/t23-/m0/s1. The first-order chi connectivity index (χ1) is 17.9. The van der Waals surface area contributed by atoms with Gasteiger partial charge >= 0.3 is 5.97 Å². The summed E-state index contributed by atoms with van der Waals surface area (Å²) < 4.78 is 32.2. The fourth-order valence-electron chi connectivity index (χ4n) is 4.34. The quantitative estimate of drug-likeness (QED) is 0.211. The Balaban J connectivity index is 1.82. The minimum absolute atomic E-state index is 0.0498. The van der Waals surface area contributed by atoms with Crippen LogP contribution in [0.25, 0.3) is 11.1 Å². The van der Waals surface area contributed by atoms with Gasteiger partial charge in [0.05, 0.1) is 20.1 Å². The number of ether oxygens (including phenoxy) is 3. The molecule has 6 heteroatoms. The predicted octanol–water partition coefficient (Wildman–Crippen LogP) is 8.01. The van der Waals surface area contributed by atoms with Crippen LogP contribution in [-0.4, -0.2) is 24.8 Å². The molecule has 3 aromatic rings. The third-order valence-corrected chi connectivity index (χ3v) is 6.31. The minimum Gasteiger partial charge on any atom is -0.497 e. The van der Waals surface area contributed by atoms with Crippen LogP contribution in [0, 0.1) is 5.82 Å². The van der Waals surface area contributed by atoms with Crippen molar-refractivity contribution >= 4 is 5.97 Å². The summed E-state index contributed by atoms with van der Waals surface area (Å²) in [5.74, 6) is 0.655. The molecule has 0 heterocycles. The lowest BCUT2D eigenvalue weighted by molar-refractivity contribution is -0.137. The third-order valence-electron chi connectivity index (χ3n) is 6.31. The van der Waals surface area contributed by atoms with Gasteiger partial charge in [-0.3, -0.25) is 4.79 Å². The number of carboxylic acids is 1. The van der Waals surface area contributed by atoms with E-state index in [0.717, 1.165) is 43.2 Å². The van der Waals surface area contributed by atoms with Crippen molar-refractivity contribution in [2.24, 2.45) is 0 Å². The lowest BCUT2D eigenvalue weighted by Crippen LogP contribution is -2.06. The molecule has 0 radical (unpaired) electrons. The summed E-state index contributed by atoms with van der Waals surface area (Å²) >= 11 is 0. The highest BCUT2D eigenvalue weighted by Gasteiger charge is 2.16. The van der Waals surface area contributed by atoms with E-state index >= 15 is 0 Å². The zero-order chi connectivity index (χ0) is 26.6. The van der Waals surface area contributed by atoms with Crippen molar-refractivity contribution in [2.75, 3.05) is 13.7 Å². The molecule has 0 bridgehead atoms. The second kappa shape index (κ2) is 14.3. The lowest BCUT2D eigenvalue weighted by atomic mass is 9.91. The monoisotopic (exact) mass is 508 g/mol. The van der Waals surface area contributed by atoms with Crippen LogP contribution < -0.4 is 14.2 Å². The number of rotatable bonds is 15. The van der Waals surface area contributed by atoms with Crippen LogP contribution in [0.1, 0.15) is 69.4 Å². The summed E-state index contributed by atoms with van der Waals surface area (Å²) in [6, 6.07) is 18.0. The number of aliphatic carboxylic acids is 1. The average molecular weight is 509 g/mol. The second-order valence-corrected chi connectivity index (χ2v) is 9.18. The Morgan fingerprint density at radius 1 is 0.919 bits per heavy atom. The van der Waals surface area contributed by atoms with Crippen LogP contribution >= 0.6 is 0 Å². The molecule has 0 aromatic heterocycles. The summed E-state index contributed by atoms with van der Waals surface area (Å²) in [6.45, 7) is 5.03. The molecule has 0 amide bonds. The van der Waals surface area contributed by atoms with E-state index in [1.807, 2.05) is 42.5 Å². The number of carbonyl (C=O) groups is 1. The Morgan fingerprint density at radius 3 is 2.49 bits per heavy atom. The van der Waals surface area contributed by atoms with Crippen LogP contribution in [0.3, 0.4) is 0 Å². The van der Waals surface area contributed by atoms with E-state index in [-0.39, 0.29) is 18.2 Å². The van der Waals surface area contributed by atoms with Gasteiger partial charge in [-0.25, -0.2) is 4.39 Å². The minimum atomic E-state index is -0.802. The number of halogens is 1. The molecular formula is C31H37FO5. The fourth-order valence-corrected chi connectivity index (χ4v) is 4.34. The Labute approximate surface area is 219 Å². The molecule has 0 saturated heterocycles. The summed E-state index contributed by atoms with van der Waals surface area (Å²) in [4.78, 5) is 11.3. The SMILES string of the molecule is CCCCCOc1cc(COc2cccc([C@@H](CCC)CC(=O)O)c2)ccc1-c1cc(OC)ccc1F. The summed E-state index contributed by atoms with van der Waals surface area (Å²) in [5, 5.41) is 9.29. The number of methoxy groups -OCH3 is 1. The van der Waals surface area contributed by atoms with Crippen molar-refractivity contribution in [3.63, 3.8) is 0 Å². The van der Waals surface area contributed by atoms with Crippen LogP contribution in [0.4, 0.5) is 4.39 Å². The Hall–Kier alpha value is -3.54. The first-order valence-corrected chi connectivity index (χ1v) is 13.0. The lowest BCUT2D eigenvalue weighted by Gasteiger charge is -2.17. The molecule has 0 spiro atoms. The van der Waals surface area contributed by atoms with Gasteiger partial charge in [0, 0.05) is 11.1 Å². The van der Waals surface area contributed by atoms with Crippen molar-refractivity contribution < 1.29 is 28.5 Å². The van der Waals surface area contributed by atoms with E-state index in [9.17, 15) is 14.3 Å². The van der Waals surface area contributed by atoms with Crippen LogP contribution in [0.15, 0.2) is 60.7 Å². The maximum atomic E-state index is 14.7. The summed E-state index contributed by atoms with van der Waals surface area (Å²) in [5.41, 5.74) is 2.93. The molecule has 3 rings (SSSR count). The molecule has 1 atom stereocenters. The Morgan fingerprint density at radius 2 is 1.76 bits per heavy atom. The largest absolute Gasteiger partial charge is 0.497 e. The topological polar surface area (TPSA) is 65.0 Å². The number of hydrogen-bond donors (Lipinski definition) is 1. The van der Waals surface area contributed by atoms with Crippen molar-refractivity contribution in [3.05, 3.63) is 77.6 Å². The van der Waals surface area contributed by atoms with Gasteiger partial charge in [0.1, 0.15) is 29.7 Å². The fraction of sp³-hybridized carbons (Fsp3) is 0.387. The van der Waals surface area contributed by atoms with Crippen molar-refractivity contribution in [2.45, 2.75) is 64.9 Å². The summed E-state index contributed by atoms with van der Waals surface area (Å²) in [7, 11) is 1.56. The molecule has 5 nitrogen and oxygen atoms in total. The Kier molecular flexibility index (Phi) is 10.8. The normalized spacial score (nSPS) is 11.7. The van der Waals surface area contributed by atoms with Crippen LogP contribution in [0.5, 0.6) is 17.2 Å². The third kappa shape index (κ3) is 8.24. The highest BCUT2D eigenvalue weighted by atomic mass is 19.1. The molecule has 0 saturated carbocycles. The van der Waals surface area contributed by atoms with Crippen LogP contribution in [-0.2, 0) is 11.4 Å². The van der Waals surface area contributed by atoms with E-state index in [4.69, 9.17) is 14.2 Å². The van der Waals surface area contributed by atoms with Gasteiger partial charge in [-0.05, 0) is 66.3 Å². The molecule has 1 N–H and O–H groups in total. The predicted molar refractivity (Wildman–Crippen MR) is 144 cm³/mol. The highest BCUT2D eigenvalue weighted by Crippen LogP contribution is 2.35. The van der Waals surface area contributed by atoms with E-state index < -0.39 is 5.97 Å². The molecule has 0 unspecified atom stereocenters. The second-order valence-electron chi connectivity index (χ2n) is 9.18. The molecule has 3 aromatic carbocycles. The first-order valence-electron chi connectivity index (χ1n) is 13.0. The van der Waals surface area contributed by atoms with Gasteiger partial charge in [-0.1, -0.05) is 57.4 Å². The highest BCUT2D eigenvalue weighted by molar-refractivity contribution is 5.72. The van der Waals surface area contributed by atoms with E-state index in [0.29, 0.717) is 41.6 Å². The molecule has 198 valence electrons. The number of hydrogen-bond acceptors (Lipinski definition) is 4. The van der Waals surface area contributed by atoms with E-state index in [1.54, 1.807) is 19.2 Å². The van der Waals surface area contributed by atoms with E-state index in [1.165, 1.54) is 6.07 Å². The number of carboxylic acid groups (broad SMARTS) is 1. The van der Waals surface area contributed by atoms with Gasteiger partial charge in [0.25, 0.3) is 0 Å². The van der Waals surface area contributed by atoms with Crippen molar-refractivity contribution in [1.29, 1.82) is 0 Å². The number of benzene rings is 3. The van der Waals surface area contributed by atoms with Gasteiger partial charge < -0.3 is 19.3 Å². The average Bonchev–Trinajstić information content (AvgIpc) is 2.90. The number of unbranched alkanes of at least 4 members (excludes halogenated alkanes) is 2. The zero-order valence-electron chi connectivity index (χ0n) is 22.0. The van der Waals surface area contributed by atoms with Gasteiger partial charge in [0.15, 0.2) is 0 Å². The maximum Gasteiger partial charge on any atom is 0.303 e. The summed E-state index contributed by atoms with van der Waals surface area (Å²) in [6.07, 6.45) is 4.86. The first kappa shape index (κ1) is 28.0. The van der Waals surface area contributed by atoms with Gasteiger partial charge in [-0.2, -0.15) is 0 Å². The van der Waals surface area contributed by atoms with Crippen molar-refractivity contribution in [3.8, 4) is 28.4 Å². The molecule has 0 fully saturated rings. The Bertz CT molecular complexity index is 1160. The van der Waals surface area contributed by atoms with Crippen LogP contribution in [0.2, 0.25) is 0 Å². The molecule has 37 heavy (non-hydrogen) atoms. The molecule has 0 aliphatic rings. The maximum absolute atomic E-state index is 14.7. The van der Waals surface area contributed by atoms with Gasteiger partial charge in [0.2, 0.25) is 0 Å². The molecule has 0 aliphatic carbocycles. The van der Waals surface area contributed by atoms with Crippen molar-refractivity contribution in [1.82, 2.24) is 0 Å². The van der Waals surface area contributed by atoms with Gasteiger partial charge in [-0.15, -0.1) is 0 Å². The zero-order valence-corrected chi connectivity index (χ0v) is 22.0.